The zero-order valence-corrected chi connectivity index (χ0v) is 9.37. The minimum Gasteiger partial charge on any atom is -0.324 e. The standard InChI is InChI=1S/C11H13N3S/c1-8-2-3-13-7-9(8)10(12)6-11-14-4-5-15-11/h2-5,7,10H,6,12H2,1H3. The van der Waals surface area contributed by atoms with Crippen molar-refractivity contribution in [1.82, 2.24) is 9.97 Å². The van der Waals surface area contributed by atoms with Gasteiger partial charge in [-0.2, -0.15) is 0 Å². The molecule has 0 fully saturated rings. The normalized spacial score (nSPS) is 12.7. The molecule has 0 saturated carbocycles. The van der Waals surface area contributed by atoms with Crippen LogP contribution in [0.2, 0.25) is 0 Å². The summed E-state index contributed by atoms with van der Waals surface area (Å²) in [5.41, 5.74) is 8.41. The summed E-state index contributed by atoms with van der Waals surface area (Å²) < 4.78 is 0. The smallest absolute Gasteiger partial charge is 0.0943 e. The van der Waals surface area contributed by atoms with Crippen molar-refractivity contribution < 1.29 is 0 Å². The van der Waals surface area contributed by atoms with Gasteiger partial charge >= 0.3 is 0 Å². The van der Waals surface area contributed by atoms with Crippen LogP contribution in [0.4, 0.5) is 0 Å². The lowest BCUT2D eigenvalue weighted by atomic mass is 10.0. The number of nitrogens with two attached hydrogens (primary N) is 1. The van der Waals surface area contributed by atoms with E-state index in [-0.39, 0.29) is 6.04 Å². The van der Waals surface area contributed by atoms with Gasteiger partial charge in [0.2, 0.25) is 0 Å². The van der Waals surface area contributed by atoms with Gasteiger partial charge in [0.25, 0.3) is 0 Å². The van der Waals surface area contributed by atoms with E-state index in [0.29, 0.717) is 0 Å². The summed E-state index contributed by atoms with van der Waals surface area (Å²) in [7, 11) is 0. The molecule has 0 aliphatic rings. The third-order valence-corrected chi connectivity index (χ3v) is 3.16. The quantitative estimate of drug-likeness (QED) is 0.860. The Morgan fingerprint density at radius 3 is 3.00 bits per heavy atom. The van der Waals surface area contributed by atoms with Crippen LogP contribution in [0.3, 0.4) is 0 Å². The Labute approximate surface area is 93.0 Å². The summed E-state index contributed by atoms with van der Waals surface area (Å²) >= 11 is 1.64. The van der Waals surface area contributed by atoms with E-state index in [9.17, 15) is 0 Å². The van der Waals surface area contributed by atoms with Crippen molar-refractivity contribution in [3.63, 3.8) is 0 Å². The molecule has 1 unspecified atom stereocenters. The molecular weight excluding hydrogens is 206 g/mol. The molecule has 78 valence electrons. The number of rotatable bonds is 3. The molecule has 2 aromatic heterocycles. The maximum absolute atomic E-state index is 6.11. The van der Waals surface area contributed by atoms with Gasteiger partial charge < -0.3 is 5.73 Å². The highest BCUT2D eigenvalue weighted by Crippen LogP contribution is 2.19. The molecule has 0 spiro atoms. The summed E-state index contributed by atoms with van der Waals surface area (Å²) in [4.78, 5) is 8.33. The number of nitrogens with zero attached hydrogens (tertiary/aromatic N) is 2. The van der Waals surface area contributed by atoms with Crippen molar-refractivity contribution in [3.8, 4) is 0 Å². The van der Waals surface area contributed by atoms with Crippen LogP contribution in [-0.2, 0) is 6.42 Å². The fourth-order valence-electron chi connectivity index (χ4n) is 1.52. The molecule has 0 saturated heterocycles. The molecule has 2 heterocycles. The predicted molar refractivity (Wildman–Crippen MR) is 61.7 cm³/mol. The zero-order valence-electron chi connectivity index (χ0n) is 8.55. The minimum atomic E-state index is -0.00940. The number of aryl methyl sites for hydroxylation is 1. The number of thiazole rings is 1. The average molecular weight is 219 g/mol. The van der Waals surface area contributed by atoms with Crippen LogP contribution >= 0.6 is 11.3 Å². The van der Waals surface area contributed by atoms with Gasteiger partial charge in [0.1, 0.15) is 0 Å². The molecule has 0 aromatic carbocycles. The molecule has 0 amide bonds. The molecule has 1 atom stereocenters. The SMILES string of the molecule is Cc1ccncc1C(N)Cc1nccs1. The fourth-order valence-corrected chi connectivity index (χ4v) is 2.19. The van der Waals surface area contributed by atoms with Crippen molar-refractivity contribution >= 4 is 11.3 Å². The second-order valence-corrected chi connectivity index (χ2v) is 4.45. The van der Waals surface area contributed by atoms with E-state index in [2.05, 4.69) is 16.9 Å². The molecule has 2 aromatic rings. The Bertz CT molecular complexity index is 425. The van der Waals surface area contributed by atoms with Crippen LogP contribution in [0.1, 0.15) is 22.2 Å². The van der Waals surface area contributed by atoms with Gasteiger partial charge in [-0.15, -0.1) is 11.3 Å². The summed E-state index contributed by atoms with van der Waals surface area (Å²) in [5, 5.41) is 3.05. The van der Waals surface area contributed by atoms with Crippen LogP contribution in [-0.4, -0.2) is 9.97 Å². The molecule has 4 heteroatoms. The molecule has 15 heavy (non-hydrogen) atoms. The Hall–Kier alpha value is -1.26. The van der Waals surface area contributed by atoms with Gasteiger partial charge in [-0.25, -0.2) is 4.98 Å². The number of aromatic nitrogens is 2. The Morgan fingerprint density at radius 1 is 1.47 bits per heavy atom. The zero-order chi connectivity index (χ0) is 10.7. The summed E-state index contributed by atoms with van der Waals surface area (Å²) in [5.74, 6) is 0. The summed E-state index contributed by atoms with van der Waals surface area (Å²) in [6, 6.07) is 1.97. The van der Waals surface area contributed by atoms with Crippen LogP contribution in [0.5, 0.6) is 0 Å². The molecule has 0 bridgehead atoms. The largest absolute Gasteiger partial charge is 0.324 e. The maximum atomic E-state index is 6.11. The summed E-state index contributed by atoms with van der Waals surface area (Å²) in [6.07, 6.45) is 6.22. The summed E-state index contributed by atoms with van der Waals surface area (Å²) in [6.45, 7) is 2.05. The lowest BCUT2D eigenvalue weighted by molar-refractivity contribution is 0.709. The Morgan fingerprint density at radius 2 is 2.33 bits per heavy atom. The number of pyridine rings is 1. The van der Waals surface area contributed by atoms with E-state index in [0.717, 1.165) is 17.0 Å². The topological polar surface area (TPSA) is 51.8 Å². The van der Waals surface area contributed by atoms with Crippen molar-refractivity contribution in [2.24, 2.45) is 5.73 Å². The third-order valence-electron chi connectivity index (χ3n) is 2.36. The van der Waals surface area contributed by atoms with Gasteiger partial charge in [0.15, 0.2) is 0 Å². The van der Waals surface area contributed by atoms with E-state index in [1.165, 1.54) is 5.56 Å². The molecule has 0 radical (unpaired) electrons. The lowest BCUT2D eigenvalue weighted by Gasteiger charge is -2.12. The van der Waals surface area contributed by atoms with Gasteiger partial charge in [0.05, 0.1) is 5.01 Å². The van der Waals surface area contributed by atoms with E-state index in [4.69, 9.17) is 5.73 Å². The fraction of sp³-hybridized carbons (Fsp3) is 0.273. The minimum absolute atomic E-state index is 0.00940. The van der Waals surface area contributed by atoms with E-state index < -0.39 is 0 Å². The highest BCUT2D eigenvalue weighted by molar-refractivity contribution is 7.09. The van der Waals surface area contributed by atoms with E-state index in [1.807, 2.05) is 23.8 Å². The van der Waals surface area contributed by atoms with Crippen molar-refractivity contribution in [2.75, 3.05) is 0 Å². The van der Waals surface area contributed by atoms with Crippen molar-refractivity contribution in [3.05, 3.63) is 46.2 Å². The first-order valence-corrected chi connectivity index (χ1v) is 5.70. The first-order chi connectivity index (χ1) is 7.27. The first-order valence-electron chi connectivity index (χ1n) is 4.82. The predicted octanol–water partition coefficient (Wildman–Crippen LogP) is 2.09. The lowest BCUT2D eigenvalue weighted by Crippen LogP contribution is -2.14. The van der Waals surface area contributed by atoms with E-state index >= 15 is 0 Å². The van der Waals surface area contributed by atoms with E-state index in [1.54, 1.807) is 17.5 Å². The maximum Gasteiger partial charge on any atom is 0.0943 e. The van der Waals surface area contributed by atoms with Crippen LogP contribution in [0.25, 0.3) is 0 Å². The van der Waals surface area contributed by atoms with Crippen molar-refractivity contribution in [1.29, 1.82) is 0 Å². The van der Waals surface area contributed by atoms with Gasteiger partial charge in [-0.3, -0.25) is 4.98 Å². The molecular formula is C11H13N3S. The first kappa shape index (κ1) is 10.3. The van der Waals surface area contributed by atoms with Crippen LogP contribution in [0, 0.1) is 6.92 Å². The highest BCUT2D eigenvalue weighted by Gasteiger charge is 2.10. The average Bonchev–Trinajstić information content (AvgIpc) is 2.71. The van der Waals surface area contributed by atoms with Crippen LogP contribution in [0.15, 0.2) is 30.0 Å². The van der Waals surface area contributed by atoms with Crippen molar-refractivity contribution in [2.45, 2.75) is 19.4 Å². The second kappa shape index (κ2) is 4.51. The Balaban J connectivity index is 2.15. The molecule has 3 nitrogen and oxygen atoms in total. The monoisotopic (exact) mass is 219 g/mol. The Kier molecular flexibility index (Phi) is 3.08. The van der Waals surface area contributed by atoms with Gasteiger partial charge in [-0.1, -0.05) is 0 Å². The van der Waals surface area contributed by atoms with Gasteiger partial charge in [-0.05, 0) is 24.1 Å². The highest BCUT2D eigenvalue weighted by atomic mass is 32.1. The third kappa shape index (κ3) is 2.40. The molecule has 2 rings (SSSR count). The number of hydrogen-bond donors (Lipinski definition) is 1. The molecule has 0 aliphatic heterocycles. The second-order valence-electron chi connectivity index (χ2n) is 3.47. The van der Waals surface area contributed by atoms with Crippen LogP contribution < -0.4 is 5.73 Å². The molecule has 2 N–H and O–H groups in total. The molecule has 0 aliphatic carbocycles. The number of hydrogen-bond acceptors (Lipinski definition) is 4. The van der Waals surface area contributed by atoms with Gasteiger partial charge in [0, 0.05) is 36.4 Å².